The largest absolute Gasteiger partial charge is 0.455 e. The number of para-hydroxylation sites is 1. The lowest BCUT2D eigenvalue weighted by atomic mass is 9.93. The summed E-state index contributed by atoms with van der Waals surface area (Å²) in [6.45, 7) is 0. The fourth-order valence-corrected chi connectivity index (χ4v) is 8.63. The minimum absolute atomic E-state index is 0.866. The molecule has 0 unspecified atom stereocenters. The molecule has 0 radical (unpaired) electrons. The van der Waals surface area contributed by atoms with Gasteiger partial charge in [0.25, 0.3) is 0 Å². The van der Waals surface area contributed by atoms with Gasteiger partial charge in [-0.2, -0.15) is 0 Å². The third kappa shape index (κ3) is 5.26. The minimum atomic E-state index is 0.866. The Morgan fingerprint density at radius 3 is 1.70 bits per heavy atom. The van der Waals surface area contributed by atoms with Gasteiger partial charge in [-0.3, -0.25) is 0 Å². The normalized spacial score (nSPS) is 11.6. The molecule has 2 nitrogen and oxygen atoms in total. The van der Waals surface area contributed by atoms with E-state index in [-0.39, 0.29) is 0 Å². The van der Waals surface area contributed by atoms with Gasteiger partial charge in [-0.15, -0.1) is 0 Å². The summed E-state index contributed by atoms with van der Waals surface area (Å²) in [7, 11) is 0. The van der Waals surface area contributed by atoms with E-state index in [0.717, 1.165) is 50.1 Å². The van der Waals surface area contributed by atoms with Crippen molar-refractivity contribution >= 4 is 71.3 Å². The van der Waals surface area contributed by atoms with Gasteiger partial charge in [-0.25, -0.2) is 0 Å². The summed E-state index contributed by atoms with van der Waals surface area (Å²) >= 11 is 0. The second kappa shape index (κ2) is 13.2. The maximum Gasteiger partial charge on any atom is 0.145 e. The molecule has 10 aromatic carbocycles. The first-order valence-electron chi connectivity index (χ1n) is 19.2. The number of benzene rings is 10. The van der Waals surface area contributed by atoms with E-state index in [4.69, 9.17) is 4.42 Å². The van der Waals surface area contributed by atoms with Gasteiger partial charge in [0.1, 0.15) is 11.2 Å². The van der Waals surface area contributed by atoms with Crippen molar-refractivity contribution < 1.29 is 4.42 Å². The Bertz CT molecular complexity index is 3250. The highest BCUT2D eigenvalue weighted by molar-refractivity contribution is 6.19. The Kier molecular flexibility index (Phi) is 7.53. The van der Waals surface area contributed by atoms with Gasteiger partial charge in [-0.05, 0) is 103 Å². The number of hydrogen-bond acceptors (Lipinski definition) is 2. The molecule has 262 valence electrons. The molecule has 11 rings (SSSR count). The number of furan rings is 1. The van der Waals surface area contributed by atoms with E-state index in [2.05, 4.69) is 217 Å². The van der Waals surface area contributed by atoms with Crippen LogP contribution in [0.4, 0.5) is 17.1 Å². The monoisotopic (exact) mass is 713 g/mol. The van der Waals surface area contributed by atoms with Crippen LogP contribution in [-0.4, -0.2) is 0 Å². The summed E-state index contributed by atoms with van der Waals surface area (Å²) in [5.74, 6) is 0. The molecule has 0 saturated heterocycles. The summed E-state index contributed by atoms with van der Waals surface area (Å²) in [6, 6.07) is 76.5. The van der Waals surface area contributed by atoms with Crippen molar-refractivity contribution in [3.63, 3.8) is 0 Å². The van der Waals surface area contributed by atoms with Crippen molar-refractivity contribution in [1.29, 1.82) is 0 Å². The molecule has 0 aliphatic rings. The summed E-state index contributed by atoms with van der Waals surface area (Å²) in [6.07, 6.45) is 0. The van der Waals surface area contributed by atoms with Crippen molar-refractivity contribution in [3.8, 4) is 33.4 Å². The highest BCUT2D eigenvalue weighted by Crippen LogP contribution is 2.48. The molecular formula is C54H35NO. The SMILES string of the molecule is c1ccc(-c2ccc(N(c3ccc4c(ccc5ccccc54)c3)c3ccc(-c4cccc5ccccc45)c4oc5ccccc5c34)cc2-c2ccccc2)cc1. The first-order chi connectivity index (χ1) is 27.8. The van der Waals surface area contributed by atoms with Crippen molar-refractivity contribution in [2.45, 2.75) is 0 Å². The Morgan fingerprint density at radius 1 is 0.321 bits per heavy atom. The van der Waals surface area contributed by atoms with Crippen LogP contribution in [0.25, 0.3) is 87.6 Å². The number of nitrogens with zero attached hydrogens (tertiary/aromatic N) is 1. The van der Waals surface area contributed by atoms with Crippen molar-refractivity contribution in [2.75, 3.05) is 4.90 Å². The summed E-state index contributed by atoms with van der Waals surface area (Å²) in [5.41, 5.74) is 11.9. The van der Waals surface area contributed by atoms with Gasteiger partial charge in [0.05, 0.1) is 11.1 Å². The van der Waals surface area contributed by atoms with Gasteiger partial charge in [0, 0.05) is 22.3 Å². The third-order valence-corrected chi connectivity index (χ3v) is 11.2. The van der Waals surface area contributed by atoms with Crippen LogP contribution < -0.4 is 4.90 Å². The highest BCUT2D eigenvalue weighted by atomic mass is 16.3. The van der Waals surface area contributed by atoms with E-state index in [1.807, 2.05) is 0 Å². The maximum atomic E-state index is 6.91. The summed E-state index contributed by atoms with van der Waals surface area (Å²) < 4.78 is 6.91. The zero-order valence-electron chi connectivity index (χ0n) is 30.6. The van der Waals surface area contributed by atoms with Gasteiger partial charge >= 0.3 is 0 Å². The van der Waals surface area contributed by atoms with Gasteiger partial charge < -0.3 is 9.32 Å². The molecule has 0 spiro atoms. The number of fused-ring (bicyclic) bond motifs is 7. The number of anilines is 3. The predicted octanol–water partition coefficient (Wildman–Crippen LogP) is 15.5. The van der Waals surface area contributed by atoms with E-state index < -0.39 is 0 Å². The van der Waals surface area contributed by atoms with Crippen LogP contribution in [0.5, 0.6) is 0 Å². The van der Waals surface area contributed by atoms with E-state index in [1.54, 1.807) is 0 Å². The average Bonchev–Trinajstić information content (AvgIpc) is 3.67. The lowest BCUT2D eigenvalue weighted by molar-refractivity contribution is 0.670. The van der Waals surface area contributed by atoms with Gasteiger partial charge in [0.15, 0.2) is 0 Å². The molecule has 0 N–H and O–H groups in total. The first-order valence-corrected chi connectivity index (χ1v) is 19.2. The fourth-order valence-electron chi connectivity index (χ4n) is 8.63. The zero-order chi connectivity index (χ0) is 37.0. The molecule has 0 aliphatic heterocycles. The van der Waals surface area contributed by atoms with Crippen LogP contribution in [0.2, 0.25) is 0 Å². The second-order valence-corrected chi connectivity index (χ2v) is 14.5. The molecule has 0 bridgehead atoms. The van der Waals surface area contributed by atoms with Gasteiger partial charge in [-0.1, -0.05) is 170 Å². The molecule has 1 aromatic heterocycles. The summed E-state index contributed by atoms with van der Waals surface area (Å²) in [5, 5.41) is 9.49. The lowest BCUT2D eigenvalue weighted by Gasteiger charge is -2.28. The van der Waals surface area contributed by atoms with Crippen LogP contribution in [0.15, 0.2) is 217 Å². The number of rotatable bonds is 6. The number of hydrogen-bond donors (Lipinski definition) is 0. The minimum Gasteiger partial charge on any atom is -0.455 e. The van der Waals surface area contributed by atoms with Crippen molar-refractivity contribution in [1.82, 2.24) is 0 Å². The molecule has 1 heterocycles. The van der Waals surface area contributed by atoms with E-state index in [1.165, 1.54) is 54.6 Å². The lowest BCUT2D eigenvalue weighted by Crippen LogP contribution is -2.11. The molecule has 56 heavy (non-hydrogen) atoms. The molecule has 0 atom stereocenters. The van der Waals surface area contributed by atoms with E-state index in [9.17, 15) is 0 Å². The van der Waals surface area contributed by atoms with Crippen LogP contribution in [0.1, 0.15) is 0 Å². The third-order valence-electron chi connectivity index (χ3n) is 11.2. The van der Waals surface area contributed by atoms with Crippen LogP contribution in [-0.2, 0) is 0 Å². The smallest absolute Gasteiger partial charge is 0.145 e. The molecule has 0 aliphatic carbocycles. The highest BCUT2D eigenvalue weighted by Gasteiger charge is 2.24. The molecule has 0 amide bonds. The Balaban J connectivity index is 1.21. The van der Waals surface area contributed by atoms with E-state index >= 15 is 0 Å². The van der Waals surface area contributed by atoms with Crippen molar-refractivity contribution in [2.24, 2.45) is 0 Å². The molecule has 0 fully saturated rings. The predicted molar refractivity (Wildman–Crippen MR) is 237 cm³/mol. The molecular weight excluding hydrogens is 679 g/mol. The summed E-state index contributed by atoms with van der Waals surface area (Å²) in [4.78, 5) is 2.42. The standard InChI is InChI=1S/C54H35NO/c1-3-14-36(15-4-1)45-30-29-42(35-50(45)38-16-5-2-6-17-38)55(41-28-31-46-40(34-41)27-26-39-19-8-9-21-43(39)46)51-33-32-48(47-24-13-20-37-18-7-10-22-44(37)47)54-53(51)49-23-11-12-25-52(49)56-54/h1-35H. The fraction of sp³-hybridized carbons (Fsp3) is 0. The average molecular weight is 714 g/mol. The van der Waals surface area contributed by atoms with Crippen LogP contribution in [0.3, 0.4) is 0 Å². The Hall–Kier alpha value is -7.42. The Morgan fingerprint density at radius 2 is 0.893 bits per heavy atom. The zero-order valence-corrected chi connectivity index (χ0v) is 30.6. The van der Waals surface area contributed by atoms with Crippen molar-refractivity contribution in [3.05, 3.63) is 212 Å². The molecule has 2 heteroatoms. The topological polar surface area (TPSA) is 16.4 Å². The Labute approximate surface area is 325 Å². The molecule has 11 aromatic rings. The second-order valence-electron chi connectivity index (χ2n) is 14.5. The quantitative estimate of drug-likeness (QED) is 0.160. The first kappa shape index (κ1) is 32.0. The van der Waals surface area contributed by atoms with Gasteiger partial charge in [0.2, 0.25) is 0 Å². The van der Waals surface area contributed by atoms with E-state index in [0.29, 0.717) is 0 Å². The van der Waals surface area contributed by atoms with Crippen LogP contribution >= 0.6 is 0 Å². The van der Waals surface area contributed by atoms with Crippen LogP contribution in [0, 0.1) is 0 Å². The molecule has 0 saturated carbocycles. The maximum absolute atomic E-state index is 6.91.